The van der Waals surface area contributed by atoms with Gasteiger partial charge in [-0.05, 0) is 0 Å². The van der Waals surface area contributed by atoms with Crippen molar-refractivity contribution >= 4 is 0 Å². The van der Waals surface area contributed by atoms with Crippen LogP contribution in [-0.2, 0) is 0 Å². The van der Waals surface area contributed by atoms with Gasteiger partial charge < -0.3 is 4.70 Å². The average Bonchev–Trinajstić information content (AvgIpc) is 1.25. The quantitative estimate of drug-likeness (QED) is 0.240. The van der Waals surface area contributed by atoms with Crippen molar-refractivity contribution in [3.05, 3.63) is 0 Å². The van der Waals surface area contributed by atoms with Crippen LogP contribution in [0, 0.1) is 0 Å². The van der Waals surface area contributed by atoms with Gasteiger partial charge in [-0.3, -0.25) is 0 Å². The van der Waals surface area contributed by atoms with Crippen molar-refractivity contribution in [3.63, 3.8) is 0 Å². The minimum Gasteiger partial charge on any atom is -1.00 e. The van der Waals surface area contributed by atoms with E-state index >= 15 is 0 Å². The highest BCUT2D eigenvalue weighted by atomic mass is 19.4. The summed E-state index contributed by atoms with van der Waals surface area (Å²) in [6.45, 7) is 0. The SMILES string of the molecule is C.C[N+](C)(C)C(F)(F)F.[F-]. The molecule has 0 aliphatic carbocycles. The van der Waals surface area contributed by atoms with Crippen molar-refractivity contribution in [2.24, 2.45) is 0 Å². The maximum Gasteiger partial charge on any atom is 0.560 e. The van der Waals surface area contributed by atoms with Gasteiger partial charge in [0.25, 0.3) is 0 Å². The van der Waals surface area contributed by atoms with Crippen LogP contribution in [0.1, 0.15) is 7.43 Å². The molecule has 1 nitrogen and oxygen atoms in total. The summed E-state index contributed by atoms with van der Waals surface area (Å²) in [5, 5.41) is 0. The third kappa shape index (κ3) is 4.55. The van der Waals surface area contributed by atoms with Crippen LogP contribution in [0.2, 0.25) is 0 Å². The van der Waals surface area contributed by atoms with Crippen LogP contribution >= 0.6 is 0 Å². The lowest BCUT2D eigenvalue weighted by Gasteiger charge is -2.24. The molecule has 10 heavy (non-hydrogen) atoms. The van der Waals surface area contributed by atoms with Crippen LogP contribution in [0.4, 0.5) is 13.2 Å². The molecule has 0 aliphatic rings. The van der Waals surface area contributed by atoms with Crippen molar-refractivity contribution in [2.75, 3.05) is 21.1 Å². The highest BCUT2D eigenvalue weighted by Crippen LogP contribution is 2.22. The number of nitrogens with zero attached hydrogens (tertiary/aromatic N) is 1. The number of halogens is 4. The topological polar surface area (TPSA) is 0 Å². The summed E-state index contributed by atoms with van der Waals surface area (Å²) in [6.07, 6.45) is -4.12. The summed E-state index contributed by atoms with van der Waals surface area (Å²) in [5.74, 6) is 0. The Kier molecular flexibility index (Phi) is 6.13. The molecular weight excluding hydrogens is 150 g/mol. The van der Waals surface area contributed by atoms with Gasteiger partial charge in [-0.1, -0.05) is 7.43 Å². The van der Waals surface area contributed by atoms with Gasteiger partial charge >= 0.3 is 6.30 Å². The summed E-state index contributed by atoms with van der Waals surface area (Å²) in [6, 6.07) is 0. The fourth-order valence-corrected chi connectivity index (χ4v) is 0. The minimum absolute atomic E-state index is 0. The van der Waals surface area contributed by atoms with Crippen molar-refractivity contribution in [1.29, 1.82) is 0 Å². The van der Waals surface area contributed by atoms with E-state index in [4.69, 9.17) is 0 Å². The Bertz CT molecular complexity index is 68.6. The zero-order valence-corrected chi connectivity index (χ0v) is 5.46. The van der Waals surface area contributed by atoms with E-state index in [2.05, 4.69) is 0 Å². The third-order valence-electron chi connectivity index (χ3n) is 0.761. The molecule has 0 rings (SSSR count). The molecule has 0 radical (unpaired) electrons. The Morgan fingerprint density at radius 1 is 1.00 bits per heavy atom. The first-order chi connectivity index (χ1) is 3.25. The van der Waals surface area contributed by atoms with E-state index in [-0.39, 0.29) is 12.1 Å². The second-order valence-corrected chi connectivity index (χ2v) is 2.48. The van der Waals surface area contributed by atoms with Gasteiger partial charge in [-0.2, -0.15) is 0 Å². The maximum absolute atomic E-state index is 11.5. The molecule has 0 amide bonds. The molecule has 66 valence electrons. The standard InChI is InChI=1S/C4H9F3N.CH4.FH/c1-8(2,3)4(5,6)7;;/h1-3H3;1H4;1H/q+1;;/p-1. The Morgan fingerprint density at radius 3 is 1.10 bits per heavy atom. The van der Waals surface area contributed by atoms with Crippen molar-refractivity contribution in [2.45, 2.75) is 13.7 Å². The first-order valence-electron chi connectivity index (χ1n) is 2.13. The Labute approximate surface area is 58.4 Å². The molecule has 0 aliphatic heterocycles. The number of quaternary nitrogens is 1. The Balaban J connectivity index is -0.000000245. The zero-order chi connectivity index (χ0) is 7.00. The van der Waals surface area contributed by atoms with E-state index < -0.39 is 10.8 Å². The zero-order valence-electron chi connectivity index (χ0n) is 5.46. The van der Waals surface area contributed by atoms with Crippen LogP contribution in [-0.4, -0.2) is 31.9 Å². The Morgan fingerprint density at radius 2 is 1.10 bits per heavy atom. The summed E-state index contributed by atoms with van der Waals surface area (Å²) in [4.78, 5) is 0. The minimum atomic E-state index is -4.12. The predicted octanol–water partition coefficient (Wildman–Crippen LogP) is -1.15. The van der Waals surface area contributed by atoms with Crippen LogP contribution in [0.5, 0.6) is 0 Å². The number of alkyl halides is 3. The van der Waals surface area contributed by atoms with Crippen molar-refractivity contribution < 1.29 is 22.4 Å². The average molecular weight is 163 g/mol. The molecule has 0 saturated heterocycles. The number of hydrogen-bond acceptors (Lipinski definition) is 0. The van der Waals surface area contributed by atoms with E-state index in [0.29, 0.717) is 0 Å². The van der Waals surface area contributed by atoms with Crippen molar-refractivity contribution in [1.82, 2.24) is 0 Å². The van der Waals surface area contributed by atoms with E-state index in [0.717, 1.165) is 21.1 Å². The summed E-state index contributed by atoms with van der Waals surface area (Å²) < 4.78 is 33.6. The van der Waals surface area contributed by atoms with Gasteiger partial charge in [0.05, 0.1) is 21.1 Å². The molecule has 0 fully saturated rings. The number of rotatable bonds is 0. The molecule has 0 spiro atoms. The lowest BCUT2D eigenvalue weighted by Crippen LogP contribution is -3.00. The Hall–Kier alpha value is -0.320. The van der Waals surface area contributed by atoms with Gasteiger partial charge in [0.2, 0.25) is 0 Å². The second kappa shape index (κ2) is 3.75. The summed E-state index contributed by atoms with van der Waals surface area (Å²) in [7, 11) is 3.25. The first-order valence-corrected chi connectivity index (χ1v) is 2.13. The molecule has 5 heteroatoms. The smallest absolute Gasteiger partial charge is 0.560 e. The van der Waals surface area contributed by atoms with Gasteiger partial charge in [-0.25, -0.2) is 4.48 Å². The van der Waals surface area contributed by atoms with E-state index in [1.54, 1.807) is 0 Å². The molecule has 0 heterocycles. The third-order valence-corrected chi connectivity index (χ3v) is 0.761. The highest BCUT2D eigenvalue weighted by molar-refractivity contribution is 4.22. The van der Waals surface area contributed by atoms with Gasteiger partial charge in [-0.15, -0.1) is 13.2 Å². The van der Waals surface area contributed by atoms with Crippen LogP contribution in [0.3, 0.4) is 0 Å². The van der Waals surface area contributed by atoms with Gasteiger partial charge in [0.1, 0.15) is 0 Å². The van der Waals surface area contributed by atoms with Crippen LogP contribution in [0.15, 0.2) is 0 Å². The molecule has 0 unspecified atom stereocenters. The summed E-state index contributed by atoms with van der Waals surface area (Å²) in [5.41, 5.74) is 0. The highest BCUT2D eigenvalue weighted by Gasteiger charge is 2.44. The lowest BCUT2D eigenvalue weighted by molar-refractivity contribution is -0.981. The predicted molar refractivity (Wildman–Crippen MR) is 30.8 cm³/mol. The normalized spacial score (nSPS) is 11.4. The lowest BCUT2D eigenvalue weighted by atomic mass is 10.7. The molecule has 0 atom stereocenters. The van der Waals surface area contributed by atoms with Gasteiger partial charge in [0.15, 0.2) is 0 Å². The fourth-order valence-electron chi connectivity index (χ4n) is 0. The second-order valence-electron chi connectivity index (χ2n) is 2.48. The molecular formula is C5H13F4N. The molecule has 0 aromatic rings. The summed E-state index contributed by atoms with van der Waals surface area (Å²) >= 11 is 0. The molecule has 0 N–H and O–H groups in total. The van der Waals surface area contributed by atoms with Crippen LogP contribution in [0.25, 0.3) is 0 Å². The monoisotopic (exact) mass is 163 g/mol. The van der Waals surface area contributed by atoms with E-state index in [1.807, 2.05) is 0 Å². The largest absolute Gasteiger partial charge is 1.00 e. The molecule has 0 aromatic heterocycles. The van der Waals surface area contributed by atoms with E-state index in [1.165, 1.54) is 0 Å². The molecule has 0 aromatic carbocycles. The molecule has 0 bridgehead atoms. The van der Waals surface area contributed by atoms with Gasteiger partial charge in [0, 0.05) is 0 Å². The fraction of sp³-hybridized carbons (Fsp3) is 1.00. The maximum atomic E-state index is 11.5. The van der Waals surface area contributed by atoms with Crippen LogP contribution < -0.4 is 4.70 Å². The van der Waals surface area contributed by atoms with E-state index in [9.17, 15) is 13.2 Å². The first kappa shape index (κ1) is 16.3. The number of hydrogen-bond donors (Lipinski definition) is 0. The van der Waals surface area contributed by atoms with Crippen molar-refractivity contribution in [3.8, 4) is 0 Å². The molecule has 0 saturated carbocycles.